The lowest BCUT2D eigenvalue weighted by molar-refractivity contribution is 0.376. The summed E-state index contributed by atoms with van der Waals surface area (Å²) in [6, 6.07) is 0. The number of rotatable bonds is 5. The third-order valence-corrected chi connectivity index (χ3v) is 2.79. The molecular weight excluding hydrogens is 202 g/mol. The number of nitrogen functional groups attached to an aromatic ring is 1. The Morgan fingerprint density at radius 2 is 2.12 bits per heavy atom. The van der Waals surface area contributed by atoms with E-state index in [-0.39, 0.29) is 5.41 Å². The predicted octanol–water partition coefficient (Wildman–Crippen LogP) is 1.92. The molecule has 0 saturated heterocycles. The van der Waals surface area contributed by atoms with Crippen molar-refractivity contribution in [2.75, 3.05) is 17.3 Å². The van der Waals surface area contributed by atoms with E-state index in [4.69, 9.17) is 5.84 Å². The molecule has 5 nitrogen and oxygen atoms in total. The highest BCUT2D eigenvalue weighted by Gasteiger charge is 2.15. The molecule has 0 saturated carbocycles. The molecule has 90 valence electrons. The SMILES string of the molecule is CCC(C)(C)CNc1nc(NN)ncc1C. The summed E-state index contributed by atoms with van der Waals surface area (Å²) < 4.78 is 0. The van der Waals surface area contributed by atoms with Crippen LogP contribution in [0.3, 0.4) is 0 Å². The van der Waals surface area contributed by atoms with E-state index in [1.807, 2.05) is 6.92 Å². The van der Waals surface area contributed by atoms with Gasteiger partial charge in [0, 0.05) is 18.3 Å². The summed E-state index contributed by atoms with van der Waals surface area (Å²) in [5.41, 5.74) is 3.72. The average molecular weight is 223 g/mol. The molecule has 4 N–H and O–H groups in total. The summed E-state index contributed by atoms with van der Waals surface area (Å²) in [5, 5.41) is 3.33. The van der Waals surface area contributed by atoms with Gasteiger partial charge in [-0.3, -0.25) is 5.43 Å². The third-order valence-electron chi connectivity index (χ3n) is 2.79. The Balaban J connectivity index is 2.73. The zero-order chi connectivity index (χ0) is 12.2. The Kier molecular flexibility index (Phi) is 4.06. The molecule has 0 bridgehead atoms. The molecule has 16 heavy (non-hydrogen) atoms. The smallest absolute Gasteiger partial charge is 0.239 e. The quantitative estimate of drug-likeness (QED) is 0.525. The Bertz CT molecular complexity index is 348. The molecule has 0 spiro atoms. The van der Waals surface area contributed by atoms with Gasteiger partial charge in [-0.1, -0.05) is 20.8 Å². The molecule has 0 aliphatic carbocycles. The number of aryl methyl sites for hydroxylation is 1. The van der Waals surface area contributed by atoms with Gasteiger partial charge in [0.05, 0.1) is 0 Å². The van der Waals surface area contributed by atoms with Gasteiger partial charge in [0.25, 0.3) is 0 Å². The second-order valence-electron chi connectivity index (χ2n) is 4.74. The van der Waals surface area contributed by atoms with Crippen LogP contribution in [-0.2, 0) is 0 Å². The highest BCUT2D eigenvalue weighted by molar-refractivity contribution is 5.46. The zero-order valence-corrected chi connectivity index (χ0v) is 10.5. The maximum absolute atomic E-state index is 5.27. The fourth-order valence-corrected chi connectivity index (χ4v) is 1.14. The molecule has 0 fully saturated rings. The van der Waals surface area contributed by atoms with E-state index < -0.39 is 0 Å². The van der Waals surface area contributed by atoms with Gasteiger partial charge in [-0.05, 0) is 18.8 Å². The van der Waals surface area contributed by atoms with Crippen LogP contribution in [0.15, 0.2) is 6.20 Å². The highest BCUT2D eigenvalue weighted by Crippen LogP contribution is 2.21. The van der Waals surface area contributed by atoms with E-state index >= 15 is 0 Å². The maximum Gasteiger partial charge on any atom is 0.239 e. The van der Waals surface area contributed by atoms with Crippen molar-refractivity contribution in [2.45, 2.75) is 34.1 Å². The normalized spacial score (nSPS) is 11.3. The number of hydrazine groups is 1. The fraction of sp³-hybridized carbons (Fsp3) is 0.636. The van der Waals surface area contributed by atoms with Crippen molar-refractivity contribution in [3.63, 3.8) is 0 Å². The van der Waals surface area contributed by atoms with Crippen molar-refractivity contribution in [3.8, 4) is 0 Å². The number of aromatic nitrogens is 2. The van der Waals surface area contributed by atoms with Gasteiger partial charge in [-0.15, -0.1) is 0 Å². The second-order valence-corrected chi connectivity index (χ2v) is 4.74. The van der Waals surface area contributed by atoms with Crippen LogP contribution in [0.1, 0.15) is 32.8 Å². The van der Waals surface area contributed by atoms with E-state index in [0.29, 0.717) is 5.95 Å². The zero-order valence-electron chi connectivity index (χ0n) is 10.5. The van der Waals surface area contributed by atoms with Crippen LogP contribution in [0.4, 0.5) is 11.8 Å². The van der Waals surface area contributed by atoms with E-state index in [1.165, 1.54) is 0 Å². The molecular formula is C11H21N5. The van der Waals surface area contributed by atoms with E-state index in [2.05, 4.69) is 41.5 Å². The molecule has 0 aromatic carbocycles. The number of hydrogen-bond acceptors (Lipinski definition) is 5. The summed E-state index contributed by atoms with van der Waals surface area (Å²) in [4.78, 5) is 8.30. The minimum atomic E-state index is 0.258. The molecule has 0 amide bonds. The van der Waals surface area contributed by atoms with Crippen molar-refractivity contribution in [3.05, 3.63) is 11.8 Å². The van der Waals surface area contributed by atoms with Gasteiger partial charge < -0.3 is 5.32 Å². The van der Waals surface area contributed by atoms with Crippen molar-refractivity contribution in [2.24, 2.45) is 11.3 Å². The number of hydrogen-bond donors (Lipinski definition) is 3. The van der Waals surface area contributed by atoms with E-state index in [9.17, 15) is 0 Å². The van der Waals surface area contributed by atoms with Gasteiger partial charge >= 0.3 is 0 Å². The second kappa shape index (κ2) is 5.12. The molecule has 0 atom stereocenters. The molecule has 5 heteroatoms. The maximum atomic E-state index is 5.27. The monoisotopic (exact) mass is 223 g/mol. The summed E-state index contributed by atoms with van der Waals surface area (Å²) in [6.07, 6.45) is 2.87. The topological polar surface area (TPSA) is 75.9 Å². The van der Waals surface area contributed by atoms with Crippen LogP contribution >= 0.6 is 0 Å². The van der Waals surface area contributed by atoms with Crippen LogP contribution in [0.5, 0.6) is 0 Å². The van der Waals surface area contributed by atoms with E-state index in [1.54, 1.807) is 6.20 Å². The predicted molar refractivity (Wildman–Crippen MR) is 67.1 cm³/mol. The number of nitrogens with one attached hydrogen (secondary N) is 2. The first kappa shape index (κ1) is 12.7. The largest absolute Gasteiger partial charge is 0.369 e. The lowest BCUT2D eigenvalue weighted by Gasteiger charge is -2.23. The van der Waals surface area contributed by atoms with Crippen LogP contribution in [0.2, 0.25) is 0 Å². The Morgan fingerprint density at radius 1 is 1.44 bits per heavy atom. The van der Waals surface area contributed by atoms with Crippen LogP contribution in [0.25, 0.3) is 0 Å². The first-order valence-corrected chi connectivity index (χ1v) is 5.52. The van der Waals surface area contributed by atoms with Crippen molar-refractivity contribution in [1.82, 2.24) is 9.97 Å². The summed E-state index contributed by atoms with van der Waals surface area (Å²) in [7, 11) is 0. The molecule has 0 aliphatic rings. The summed E-state index contributed by atoms with van der Waals surface area (Å²) in [5.74, 6) is 6.54. The average Bonchev–Trinajstić information content (AvgIpc) is 2.28. The first-order chi connectivity index (χ1) is 7.48. The molecule has 0 unspecified atom stereocenters. The van der Waals surface area contributed by atoms with Gasteiger partial charge in [0.2, 0.25) is 5.95 Å². The molecule has 1 heterocycles. The van der Waals surface area contributed by atoms with Crippen LogP contribution in [0, 0.1) is 12.3 Å². The first-order valence-electron chi connectivity index (χ1n) is 5.52. The number of nitrogens with zero attached hydrogens (tertiary/aromatic N) is 2. The Morgan fingerprint density at radius 3 is 2.69 bits per heavy atom. The fourth-order valence-electron chi connectivity index (χ4n) is 1.14. The Labute approximate surface area is 96.8 Å². The molecule has 0 aliphatic heterocycles. The van der Waals surface area contributed by atoms with E-state index in [0.717, 1.165) is 24.3 Å². The molecule has 1 aromatic rings. The van der Waals surface area contributed by atoms with Crippen LogP contribution < -0.4 is 16.6 Å². The standard InChI is InChI=1S/C11H21N5/c1-5-11(3,4)7-14-9-8(2)6-13-10(15-9)16-12/h6H,5,7,12H2,1-4H3,(H2,13,14,15,16). The van der Waals surface area contributed by atoms with Crippen molar-refractivity contribution < 1.29 is 0 Å². The summed E-state index contributed by atoms with van der Waals surface area (Å²) >= 11 is 0. The lowest BCUT2D eigenvalue weighted by atomic mass is 9.90. The van der Waals surface area contributed by atoms with Gasteiger partial charge in [0.15, 0.2) is 0 Å². The number of nitrogens with two attached hydrogens (primary N) is 1. The van der Waals surface area contributed by atoms with Crippen molar-refractivity contribution in [1.29, 1.82) is 0 Å². The molecule has 1 aromatic heterocycles. The lowest BCUT2D eigenvalue weighted by Crippen LogP contribution is -2.23. The molecule has 1 rings (SSSR count). The minimum absolute atomic E-state index is 0.258. The van der Waals surface area contributed by atoms with Crippen LogP contribution in [-0.4, -0.2) is 16.5 Å². The highest BCUT2D eigenvalue weighted by atomic mass is 15.3. The van der Waals surface area contributed by atoms with Gasteiger partial charge in [-0.25, -0.2) is 10.8 Å². The molecule has 0 radical (unpaired) electrons. The van der Waals surface area contributed by atoms with Crippen molar-refractivity contribution >= 4 is 11.8 Å². The Hall–Kier alpha value is -1.36. The third kappa shape index (κ3) is 3.34. The number of anilines is 2. The van der Waals surface area contributed by atoms with Gasteiger partial charge in [-0.2, -0.15) is 4.98 Å². The van der Waals surface area contributed by atoms with Gasteiger partial charge in [0.1, 0.15) is 5.82 Å². The minimum Gasteiger partial charge on any atom is -0.369 e. The summed E-state index contributed by atoms with van der Waals surface area (Å²) in [6.45, 7) is 9.48.